The van der Waals surface area contributed by atoms with Crippen LogP contribution in [0.3, 0.4) is 0 Å². The summed E-state index contributed by atoms with van der Waals surface area (Å²) < 4.78 is 13.2. The SMILES string of the molecule is COc1ccc(NC(=O)[C@@H](C)Oc2cccc(-c3nnc4n3CCCCC4)c2)cc1. The Balaban J connectivity index is 1.45. The van der Waals surface area contributed by atoms with Crippen LogP contribution in [0, 0.1) is 0 Å². The van der Waals surface area contributed by atoms with Crippen molar-refractivity contribution in [1.82, 2.24) is 14.8 Å². The molecule has 7 heteroatoms. The van der Waals surface area contributed by atoms with Gasteiger partial charge in [0.1, 0.15) is 17.3 Å². The third-order valence-electron chi connectivity index (χ3n) is 5.24. The van der Waals surface area contributed by atoms with Crippen LogP contribution in [0.2, 0.25) is 0 Å². The van der Waals surface area contributed by atoms with Crippen LogP contribution < -0.4 is 14.8 Å². The monoisotopic (exact) mass is 406 g/mol. The molecule has 0 aliphatic carbocycles. The van der Waals surface area contributed by atoms with Gasteiger partial charge in [0.2, 0.25) is 0 Å². The van der Waals surface area contributed by atoms with Gasteiger partial charge in [0.15, 0.2) is 11.9 Å². The van der Waals surface area contributed by atoms with E-state index in [4.69, 9.17) is 9.47 Å². The molecule has 1 aliphatic rings. The van der Waals surface area contributed by atoms with E-state index in [2.05, 4.69) is 20.1 Å². The van der Waals surface area contributed by atoms with E-state index in [0.717, 1.165) is 48.8 Å². The minimum atomic E-state index is -0.655. The number of carbonyl (C=O) groups excluding carboxylic acids is 1. The summed E-state index contributed by atoms with van der Waals surface area (Å²) in [5.41, 5.74) is 1.63. The van der Waals surface area contributed by atoms with Gasteiger partial charge in [0.05, 0.1) is 7.11 Å². The van der Waals surface area contributed by atoms with Crippen LogP contribution in [0.5, 0.6) is 11.5 Å². The minimum Gasteiger partial charge on any atom is -0.497 e. The van der Waals surface area contributed by atoms with E-state index in [1.165, 1.54) is 6.42 Å². The molecule has 7 nitrogen and oxygen atoms in total. The summed E-state index contributed by atoms with van der Waals surface area (Å²) in [5.74, 6) is 3.03. The number of fused-ring (bicyclic) bond motifs is 1. The van der Waals surface area contributed by atoms with Crippen molar-refractivity contribution < 1.29 is 14.3 Å². The van der Waals surface area contributed by atoms with Gasteiger partial charge in [-0.1, -0.05) is 18.6 Å². The quantitative estimate of drug-likeness (QED) is 0.667. The van der Waals surface area contributed by atoms with Gasteiger partial charge in [-0.05, 0) is 56.2 Å². The van der Waals surface area contributed by atoms with E-state index < -0.39 is 6.10 Å². The number of hydrogen-bond donors (Lipinski definition) is 1. The van der Waals surface area contributed by atoms with E-state index in [1.807, 2.05) is 24.3 Å². The van der Waals surface area contributed by atoms with Gasteiger partial charge in [-0.3, -0.25) is 4.79 Å². The predicted molar refractivity (Wildman–Crippen MR) is 115 cm³/mol. The summed E-state index contributed by atoms with van der Waals surface area (Å²) in [6, 6.07) is 14.9. The van der Waals surface area contributed by atoms with Gasteiger partial charge < -0.3 is 19.4 Å². The molecule has 1 aliphatic heterocycles. The fourth-order valence-electron chi connectivity index (χ4n) is 3.58. The lowest BCUT2D eigenvalue weighted by atomic mass is 10.2. The molecule has 1 N–H and O–H groups in total. The average molecular weight is 406 g/mol. The topological polar surface area (TPSA) is 78.3 Å². The lowest BCUT2D eigenvalue weighted by Gasteiger charge is -2.16. The summed E-state index contributed by atoms with van der Waals surface area (Å²) in [7, 11) is 1.61. The number of aryl methyl sites for hydroxylation is 1. The number of benzene rings is 2. The van der Waals surface area contributed by atoms with Gasteiger partial charge in [-0.25, -0.2) is 0 Å². The largest absolute Gasteiger partial charge is 0.497 e. The Labute approximate surface area is 176 Å². The Kier molecular flexibility index (Phi) is 5.97. The zero-order valence-corrected chi connectivity index (χ0v) is 17.3. The third kappa shape index (κ3) is 4.45. The van der Waals surface area contributed by atoms with Crippen molar-refractivity contribution in [2.75, 3.05) is 12.4 Å². The molecule has 0 unspecified atom stereocenters. The number of methoxy groups -OCH3 is 1. The van der Waals surface area contributed by atoms with Gasteiger partial charge in [-0.2, -0.15) is 0 Å². The molecule has 1 atom stereocenters. The number of nitrogens with one attached hydrogen (secondary N) is 1. The van der Waals surface area contributed by atoms with Crippen LogP contribution >= 0.6 is 0 Å². The maximum absolute atomic E-state index is 12.5. The fourth-order valence-corrected chi connectivity index (χ4v) is 3.58. The average Bonchev–Trinajstić information content (AvgIpc) is 3.02. The molecule has 1 aromatic heterocycles. The van der Waals surface area contributed by atoms with Crippen molar-refractivity contribution >= 4 is 11.6 Å². The van der Waals surface area contributed by atoms with Crippen molar-refractivity contribution in [2.45, 2.75) is 45.3 Å². The normalized spacial score (nSPS) is 14.3. The molecule has 0 radical (unpaired) electrons. The molecule has 0 bridgehead atoms. The molecule has 0 saturated carbocycles. The second-order valence-corrected chi connectivity index (χ2v) is 7.41. The van der Waals surface area contributed by atoms with E-state index in [1.54, 1.807) is 38.3 Å². The number of amides is 1. The van der Waals surface area contributed by atoms with Crippen LogP contribution in [0.25, 0.3) is 11.4 Å². The number of carbonyl (C=O) groups is 1. The number of rotatable bonds is 6. The van der Waals surface area contributed by atoms with E-state index in [9.17, 15) is 4.79 Å². The first-order chi connectivity index (χ1) is 14.6. The van der Waals surface area contributed by atoms with Crippen LogP contribution in [0.1, 0.15) is 32.0 Å². The molecule has 3 aromatic rings. The highest BCUT2D eigenvalue weighted by molar-refractivity contribution is 5.94. The Morgan fingerprint density at radius 2 is 1.90 bits per heavy atom. The highest BCUT2D eigenvalue weighted by Crippen LogP contribution is 2.26. The maximum Gasteiger partial charge on any atom is 0.265 e. The van der Waals surface area contributed by atoms with Gasteiger partial charge in [-0.15, -0.1) is 10.2 Å². The minimum absolute atomic E-state index is 0.220. The summed E-state index contributed by atoms with van der Waals surface area (Å²) in [5, 5.41) is 11.6. The highest BCUT2D eigenvalue weighted by atomic mass is 16.5. The molecule has 156 valence electrons. The summed E-state index contributed by atoms with van der Waals surface area (Å²) in [6.07, 6.45) is 3.81. The second kappa shape index (κ2) is 8.98. The summed E-state index contributed by atoms with van der Waals surface area (Å²) in [4.78, 5) is 12.5. The molecular formula is C23H26N4O3. The molecule has 1 amide bonds. The first kappa shape index (κ1) is 19.9. The smallest absolute Gasteiger partial charge is 0.265 e. The van der Waals surface area contributed by atoms with E-state index >= 15 is 0 Å². The molecule has 4 rings (SSSR count). The van der Waals surface area contributed by atoms with Crippen molar-refractivity contribution in [1.29, 1.82) is 0 Å². The van der Waals surface area contributed by atoms with Crippen molar-refractivity contribution in [3.63, 3.8) is 0 Å². The first-order valence-electron chi connectivity index (χ1n) is 10.3. The fraction of sp³-hybridized carbons (Fsp3) is 0.348. The van der Waals surface area contributed by atoms with Crippen molar-refractivity contribution in [3.8, 4) is 22.9 Å². The number of ether oxygens (including phenoxy) is 2. The lowest BCUT2D eigenvalue weighted by Crippen LogP contribution is -2.30. The summed E-state index contributed by atoms with van der Waals surface area (Å²) in [6.45, 7) is 2.66. The standard InChI is InChI=1S/C23H26N4O3/c1-16(23(28)24-18-10-12-19(29-2)13-11-18)30-20-8-6-7-17(15-20)22-26-25-21-9-4-3-5-14-27(21)22/h6-8,10-13,15-16H,3-5,9,14H2,1-2H3,(H,24,28)/t16-/m1/s1. The zero-order valence-electron chi connectivity index (χ0n) is 17.3. The van der Waals surface area contributed by atoms with E-state index in [0.29, 0.717) is 11.4 Å². The van der Waals surface area contributed by atoms with E-state index in [-0.39, 0.29) is 5.91 Å². The summed E-state index contributed by atoms with van der Waals surface area (Å²) >= 11 is 0. The Bertz CT molecular complexity index is 1010. The highest BCUT2D eigenvalue weighted by Gasteiger charge is 2.18. The molecule has 2 aromatic carbocycles. The van der Waals surface area contributed by atoms with Crippen molar-refractivity contribution in [2.24, 2.45) is 0 Å². The molecule has 2 heterocycles. The Morgan fingerprint density at radius 1 is 1.07 bits per heavy atom. The van der Waals surface area contributed by atoms with Crippen LogP contribution in [0.15, 0.2) is 48.5 Å². The number of aromatic nitrogens is 3. The number of hydrogen-bond acceptors (Lipinski definition) is 5. The molecule has 0 fully saturated rings. The molecular weight excluding hydrogens is 380 g/mol. The Hall–Kier alpha value is -3.35. The van der Waals surface area contributed by atoms with Crippen molar-refractivity contribution in [3.05, 3.63) is 54.4 Å². The third-order valence-corrected chi connectivity index (χ3v) is 5.24. The Morgan fingerprint density at radius 3 is 2.70 bits per heavy atom. The van der Waals surface area contributed by atoms with Gasteiger partial charge >= 0.3 is 0 Å². The molecule has 30 heavy (non-hydrogen) atoms. The molecule has 0 saturated heterocycles. The van der Waals surface area contributed by atoms with Gasteiger partial charge in [0.25, 0.3) is 5.91 Å². The number of nitrogens with zero attached hydrogens (tertiary/aromatic N) is 3. The zero-order chi connectivity index (χ0) is 20.9. The first-order valence-corrected chi connectivity index (χ1v) is 10.3. The van der Waals surface area contributed by atoms with Crippen LogP contribution in [0.4, 0.5) is 5.69 Å². The maximum atomic E-state index is 12.5. The van der Waals surface area contributed by atoms with Gasteiger partial charge in [0, 0.05) is 24.2 Å². The predicted octanol–water partition coefficient (Wildman–Crippen LogP) is 4.09. The number of anilines is 1. The second-order valence-electron chi connectivity index (χ2n) is 7.41. The molecule has 0 spiro atoms. The lowest BCUT2D eigenvalue weighted by molar-refractivity contribution is -0.122. The van der Waals surface area contributed by atoms with Crippen LogP contribution in [-0.4, -0.2) is 33.9 Å². The van der Waals surface area contributed by atoms with Crippen LogP contribution in [-0.2, 0) is 17.8 Å².